The summed E-state index contributed by atoms with van der Waals surface area (Å²) in [5.41, 5.74) is 5.31. The molecule has 0 radical (unpaired) electrons. The van der Waals surface area contributed by atoms with Crippen LogP contribution in [-0.4, -0.2) is 49.8 Å². The van der Waals surface area contributed by atoms with Crippen LogP contribution in [0.15, 0.2) is 0 Å². The fraction of sp³-hybridized carbons (Fsp3) is 0.938. The van der Waals surface area contributed by atoms with Crippen molar-refractivity contribution in [2.45, 2.75) is 47.1 Å². The zero-order valence-electron chi connectivity index (χ0n) is 14.9. The first-order valence-corrected chi connectivity index (χ1v) is 7.91. The minimum absolute atomic E-state index is 0.267. The summed E-state index contributed by atoms with van der Waals surface area (Å²) < 4.78 is 5.34. The number of ether oxygens (including phenoxy) is 1. The van der Waals surface area contributed by atoms with E-state index in [0.29, 0.717) is 30.8 Å². The molecule has 0 rings (SSSR count). The van der Waals surface area contributed by atoms with Gasteiger partial charge in [0.15, 0.2) is 0 Å². The van der Waals surface area contributed by atoms with Crippen LogP contribution < -0.4 is 11.1 Å². The van der Waals surface area contributed by atoms with Crippen molar-refractivity contribution in [1.82, 2.24) is 10.2 Å². The molecule has 0 fully saturated rings. The van der Waals surface area contributed by atoms with Gasteiger partial charge in [0.2, 0.25) is 0 Å². The minimum atomic E-state index is -0.446. The summed E-state index contributed by atoms with van der Waals surface area (Å²) in [6.07, 6.45) is -0.267. The van der Waals surface area contributed by atoms with Crippen LogP contribution in [0.25, 0.3) is 0 Å². The molecule has 0 aliphatic rings. The maximum absolute atomic E-state index is 11.9. The normalized spacial score (nSPS) is 14.9. The van der Waals surface area contributed by atoms with Crippen LogP contribution in [0, 0.1) is 17.8 Å². The number of nitrogens with two attached hydrogens (primary N) is 1. The molecule has 21 heavy (non-hydrogen) atoms. The van der Waals surface area contributed by atoms with Gasteiger partial charge in [-0.1, -0.05) is 20.8 Å². The van der Waals surface area contributed by atoms with E-state index in [-0.39, 0.29) is 6.09 Å². The van der Waals surface area contributed by atoms with Gasteiger partial charge < -0.3 is 20.7 Å². The molecule has 0 aliphatic heterocycles. The van der Waals surface area contributed by atoms with Gasteiger partial charge in [-0.25, -0.2) is 4.79 Å². The smallest absolute Gasteiger partial charge is 0.410 e. The molecule has 0 bridgehead atoms. The third-order valence-electron chi connectivity index (χ3n) is 3.44. The van der Waals surface area contributed by atoms with Crippen LogP contribution in [0.2, 0.25) is 0 Å². The Bertz CT molecular complexity index is 300. The Hall–Kier alpha value is -0.810. The minimum Gasteiger partial charge on any atom is -0.444 e. The molecular weight excluding hydrogens is 266 g/mol. The van der Waals surface area contributed by atoms with Crippen molar-refractivity contribution in [1.29, 1.82) is 0 Å². The molecule has 0 aromatic heterocycles. The van der Waals surface area contributed by atoms with Crippen molar-refractivity contribution in [3.63, 3.8) is 0 Å². The molecule has 5 heteroatoms. The quantitative estimate of drug-likeness (QED) is 0.722. The van der Waals surface area contributed by atoms with Gasteiger partial charge in [-0.05, 0) is 58.2 Å². The molecule has 0 aromatic carbocycles. The SMILES string of the molecule is CC(CNCC(CN)C(C)C)CN(C)C(=O)OC(C)(C)C. The number of hydrogen-bond acceptors (Lipinski definition) is 4. The average Bonchev–Trinajstić information content (AvgIpc) is 2.31. The van der Waals surface area contributed by atoms with E-state index in [1.807, 2.05) is 20.8 Å². The Balaban J connectivity index is 4.03. The van der Waals surface area contributed by atoms with Crippen LogP contribution in [0.4, 0.5) is 4.79 Å². The molecule has 3 N–H and O–H groups in total. The van der Waals surface area contributed by atoms with Gasteiger partial charge in [-0.3, -0.25) is 0 Å². The average molecular weight is 301 g/mol. The summed E-state index contributed by atoms with van der Waals surface area (Å²) in [5, 5.41) is 3.45. The highest BCUT2D eigenvalue weighted by molar-refractivity contribution is 5.67. The molecular formula is C16H35N3O2. The lowest BCUT2D eigenvalue weighted by atomic mass is 9.96. The zero-order chi connectivity index (χ0) is 16.6. The largest absolute Gasteiger partial charge is 0.444 e. The van der Waals surface area contributed by atoms with Crippen molar-refractivity contribution < 1.29 is 9.53 Å². The Morgan fingerprint density at radius 3 is 2.24 bits per heavy atom. The van der Waals surface area contributed by atoms with E-state index in [4.69, 9.17) is 10.5 Å². The van der Waals surface area contributed by atoms with E-state index in [0.717, 1.165) is 13.1 Å². The van der Waals surface area contributed by atoms with Crippen molar-refractivity contribution in [2.24, 2.45) is 23.5 Å². The van der Waals surface area contributed by atoms with Crippen LogP contribution in [-0.2, 0) is 4.74 Å². The lowest BCUT2D eigenvalue weighted by molar-refractivity contribution is 0.0276. The van der Waals surface area contributed by atoms with Gasteiger partial charge in [0.05, 0.1) is 0 Å². The van der Waals surface area contributed by atoms with Gasteiger partial charge in [0.25, 0.3) is 0 Å². The summed E-state index contributed by atoms with van der Waals surface area (Å²) in [4.78, 5) is 13.5. The van der Waals surface area contributed by atoms with Crippen molar-refractivity contribution >= 4 is 6.09 Å². The standard InChI is InChI=1S/C16H35N3O2/c1-12(2)14(8-17)10-18-9-13(3)11-19(7)15(20)21-16(4,5)6/h12-14,18H,8-11,17H2,1-7H3. The maximum Gasteiger partial charge on any atom is 0.410 e. The van der Waals surface area contributed by atoms with E-state index in [2.05, 4.69) is 26.1 Å². The lowest BCUT2D eigenvalue weighted by Gasteiger charge is -2.27. The maximum atomic E-state index is 11.9. The first-order chi connectivity index (χ1) is 9.56. The molecule has 0 spiro atoms. The highest BCUT2D eigenvalue weighted by atomic mass is 16.6. The molecule has 0 saturated carbocycles. The zero-order valence-corrected chi connectivity index (χ0v) is 14.9. The third-order valence-corrected chi connectivity index (χ3v) is 3.44. The summed E-state index contributed by atoms with van der Waals surface area (Å²) in [7, 11) is 1.78. The molecule has 126 valence electrons. The third kappa shape index (κ3) is 9.69. The van der Waals surface area contributed by atoms with Crippen molar-refractivity contribution in [3.05, 3.63) is 0 Å². The number of carbonyl (C=O) groups is 1. The van der Waals surface area contributed by atoms with Crippen LogP contribution in [0.5, 0.6) is 0 Å². The number of carbonyl (C=O) groups excluding carboxylic acids is 1. The Morgan fingerprint density at radius 1 is 1.24 bits per heavy atom. The van der Waals surface area contributed by atoms with Crippen molar-refractivity contribution in [2.75, 3.05) is 33.2 Å². The highest BCUT2D eigenvalue weighted by Crippen LogP contribution is 2.10. The predicted octanol–water partition coefficient (Wildman–Crippen LogP) is 2.31. The predicted molar refractivity (Wildman–Crippen MR) is 88.3 cm³/mol. The van der Waals surface area contributed by atoms with E-state index in [1.54, 1.807) is 11.9 Å². The van der Waals surface area contributed by atoms with Crippen LogP contribution in [0.1, 0.15) is 41.5 Å². The fourth-order valence-corrected chi connectivity index (χ4v) is 2.05. The Kier molecular flexibility index (Phi) is 8.90. The Labute approximate surface area is 130 Å². The number of hydrogen-bond donors (Lipinski definition) is 2. The molecule has 2 atom stereocenters. The first-order valence-electron chi connectivity index (χ1n) is 7.91. The van der Waals surface area contributed by atoms with E-state index in [9.17, 15) is 4.79 Å². The van der Waals surface area contributed by atoms with Crippen LogP contribution in [0.3, 0.4) is 0 Å². The topological polar surface area (TPSA) is 67.6 Å². The van der Waals surface area contributed by atoms with Gasteiger partial charge in [0, 0.05) is 13.6 Å². The molecule has 0 heterocycles. The lowest BCUT2D eigenvalue weighted by Crippen LogP contribution is -2.40. The van der Waals surface area contributed by atoms with Crippen molar-refractivity contribution in [3.8, 4) is 0 Å². The number of amides is 1. The molecule has 2 unspecified atom stereocenters. The van der Waals surface area contributed by atoms with E-state index in [1.165, 1.54) is 0 Å². The molecule has 0 saturated heterocycles. The van der Waals surface area contributed by atoms with E-state index < -0.39 is 5.60 Å². The van der Waals surface area contributed by atoms with Gasteiger partial charge in [0.1, 0.15) is 5.60 Å². The second-order valence-corrected chi connectivity index (χ2v) is 7.36. The van der Waals surface area contributed by atoms with E-state index >= 15 is 0 Å². The first kappa shape index (κ1) is 20.2. The molecule has 0 aliphatic carbocycles. The number of rotatable bonds is 8. The highest BCUT2D eigenvalue weighted by Gasteiger charge is 2.20. The summed E-state index contributed by atoms with van der Waals surface area (Å²) >= 11 is 0. The molecule has 0 aromatic rings. The second-order valence-electron chi connectivity index (χ2n) is 7.36. The van der Waals surface area contributed by atoms with Gasteiger partial charge >= 0.3 is 6.09 Å². The molecule has 5 nitrogen and oxygen atoms in total. The van der Waals surface area contributed by atoms with Gasteiger partial charge in [-0.15, -0.1) is 0 Å². The van der Waals surface area contributed by atoms with Gasteiger partial charge in [-0.2, -0.15) is 0 Å². The summed E-state index contributed by atoms with van der Waals surface area (Å²) in [6, 6.07) is 0. The second kappa shape index (κ2) is 9.26. The van der Waals surface area contributed by atoms with Crippen LogP contribution >= 0.6 is 0 Å². The number of nitrogens with one attached hydrogen (secondary N) is 1. The fourth-order valence-electron chi connectivity index (χ4n) is 2.05. The monoisotopic (exact) mass is 301 g/mol. The Morgan fingerprint density at radius 2 is 1.81 bits per heavy atom. The summed E-state index contributed by atoms with van der Waals surface area (Å²) in [5.74, 6) is 1.45. The summed E-state index contributed by atoms with van der Waals surface area (Å²) in [6.45, 7) is 15.3. The number of nitrogens with zero attached hydrogens (tertiary/aromatic N) is 1. The molecule has 1 amide bonds.